The summed E-state index contributed by atoms with van der Waals surface area (Å²) >= 11 is 0. The largest absolute Gasteiger partial charge is 0.493 e. The molecule has 3 nitrogen and oxygen atoms in total. The zero-order valence-electron chi connectivity index (χ0n) is 15.3. The summed E-state index contributed by atoms with van der Waals surface area (Å²) in [5.41, 5.74) is 5.49. The van der Waals surface area contributed by atoms with Crippen LogP contribution in [0.2, 0.25) is 0 Å². The van der Waals surface area contributed by atoms with E-state index in [1.165, 1.54) is 11.1 Å². The van der Waals surface area contributed by atoms with Gasteiger partial charge in [-0.15, -0.1) is 0 Å². The van der Waals surface area contributed by atoms with Crippen molar-refractivity contribution >= 4 is 11.6 Å². The van der Waals surface area contributed by atoms with Gasteiger partial charge in [0.05, 0.1) is 13.0 Å². The molecule has 0 aliphatic heterocycles. The number of amides is 1. The van der Waals surface area contributed by atoms with E-state index in [1.54, 1.807) is 0 Å². The molecule has 0 saturated heterocycles. The Bertz CT molecular complexity index is 720. The second kappa shape index (κ2) is 8.00. The Balaban J connectivity index is 1.95. The number of para-hydroxylation sites is 1. The van der Waals surface area contributed by atoms with Crippen LogP contribution in [0.4, 0.5) is 5.69 Å². The molecule has 2 aromatic rings. The average molecular weight is 325 g/mol. The molecular weight excluding hydrogens is 298 g/mol. The number of hydrogen-bond acceptors (Lipinski definition) is 2. The number of hydrogen-bond donors (Lipinski definition) is 1. The number of carbonyl (C=O) groups excluding carboxylic acids is 1. The van der Waals surface area contributed by atoms with E-state index in [-0.39, 0.29) is 5.91 Å². The summed E-state index contributed by atoms with van der Waals surface area (Å²) in [6.07, 6.45) is 0.333. The lowest BCUT2D eigenvalue weighted by Crippen LogP contribution is -2.17. The summed E-state index contributed by atoms with van der Waals surface area (Å²) in [5, 5.41) is 3.05. The van der Waals surface area contributed by atoms with E-state index >= 15 is 0 Å². The molecule has 128 valence electrons. The quantitative estimate of drug-likeness (QED) is 0.798. The first-order chi connectivity index (χ1) is 11.4. The lowest BCUT2D eigenvalue weighted by atomic mass is 9.98. The Morgan fingerprint density at radius 2 is 1.83 bits per heavy atom. The third kappa shape index (κ3) is 4.60. The molecule has 2 rings (SSSR count). The van der Waals surface area contributed by atoms with Crippen LogP contribution in [0.1, 0.15) is 48.4 Å². The second-order valence-electron chi connectivity index (χ2n) is 6.61. The number of rotatable bonds is 6. The van der Waals surface area contributed by atoms with Crippen LogP contribution >= 0.6 is 0 Å². The predicted octanol–water partition coefficient (Wildman–Crippen LogP) is 5.14. The molecule has 24 heavy (non-hydrogen) atoms. The van der Waals surface area contributed by atoms with Gasteiger partial charge in [0.15, 0.2) is 0 Å². The van der Waals surface area contributed by atoms with Crippen molar-refractivity contribution in [2.75, 3.05) is 11.9 Å². The van der Waals surface area contributed by atoms with E-state index in [9.17, 15) is 4.79 Å². The van der Waals surface area contributed by atoms with E-state index < -0.39 is 0 Å². The van der Waals surface area contributed by atoms with Gasteiger partial charge in [-0.3, -0.25) is 4.79 Å². The third-order valence-corrected chi connectivity index (χ3v) is 4.11. The highest BCUT2D eigenvalue weighted by Gasteiger charge is 2.12. The highest BCUT2D eigenvalue weighted by molar-refractivity contribution is 5.92. The van der Waals surface area contributed by atoms with Crippen LogP contribution in [0, 0.1) is 20.8 Å². The summed E-state index contributed by atoms with van der Waals surface area (Å²) in [5.74, 6) is 1.19. The van der Waals surface area contributed by atoms with Crippen LogP contribution in [-0.2, 0) is 4.79 Å². The Morgan fingerprint density at radius 1 is 1.08 bits per heavy atom. The minimum atomic E-state index is -0.0176. The monoisotopic (exact) mass is 325 g/mol. The SMILES string of the molecule is Cc1ccc(OCCC(=O)Nc2c(C)cccc2C(C)C)c(C)c1. The normalized spacial score (nSPS) is 10.8. The van der Waals surface area contributed by atoms with Gasteiger partial charge < -0.3 is 10.1 Å². The fourth-order valence-electron chi connectivity index (χ4n) is 2.76. The molecule has 0 aliphatic carbocycles. The molecule has 0 aromatic heterocycles. The minimum absolute atomic E-state index is 0.0176. The van der Waals surface area contributed by atoms with E-state index in [4.69, 9.17) is 4.74 Å². The highest BCUT2D eigenvalue weighted by atomic mass is 16.5. The van der Waals surface area contributed by atoms with E-state index in [0.717, 1.165) is 22.6 Å². The van der Waals surface area contributed by atoms with Crippen LogP contribution in [0.3, 0.4) is 0 Å². The first kappa shape index (κ1) is 18.1. The van der Waals surface area contributed by atoms with Crippen molar-refractivity contribution in [3.8, 4) is 5.75 Å². The van der Waals surface area contributed by atoms with Gasteiger partial charge in [-0.25, -0.2) is 0 Å². The molecule has 0 atom stereocenters. The number of carbonyl (C=O) groups is 1. The summed E-state index contributed by atoms with van der Waals surface area (Å²) in [6, 6.07) is 12.2. The molecule has 0 fully saturated rings. The fourth-order valence-corrected chi connectivity index (χ4v) is 2.76. The molecule has 0 aliphatic rings. The predicted molar refractivity (Wildman–Crippen MR) is 99.9 cm³/mol. The van der Waals surface area contributed by atoms with Gasteiger partial charge in [-0.1, -0.05) is 49.7 Å². The van der Waals surface area contributed by atoms with Gasteiger partial charge >= 0.3 is 0 Å². The van der Waals surface area contributed by atoms with Crippen molar-refractivity contribution in [3.63, 3.8) is 0 Å². The maximum Gasteiger partial charge on any atom is 0.227 e. The van der Waals surface area contributed by atoms with E-state index in [2.05, 4.69) is 38.2 Å². The Morgan fingerprint density at radius 3 is 2.50 bits per heavy atom. The summed E-state index contributed by atoms with van der Waals surface area (Å²) in [7, 11) is 0. The number of benzene rings is 2. The molecule has 0 bridgehead atoms. The van der Waals surface area contributed by atoms with Crippen LogP contribution < -0.4 is 10.1 Å². The summed E-state index contributed by atoms with van der Waals surface area (Å²) < 4.78 is 5.75. The molecule has 3 heteroatoms. The Labute approximate surface area is 145 Å². The zero-order chi connectivity index (χ0) is 17.7. The maximum atomic E-state index is 12.3. The lowest BCUT2D eigenvalue weighted by molar-refractivity contribution is -0.116. The standard InChI is InChI=1S/C21H27NO2/c1-14(2)18-8-6-7-16(4)21(18)22-20(23)11-12-24-19-10-9-15(3)13-17(19)5/h6-10,13-14H,11-12H2,1-5H3,(H,22,23). The van der Waals surface area contributed by atoms with Crippen molar-refractivity contribution in [1.82, 2.24) is 0 Å². The van der Waals surface area contributed by atoms with Crippen molar-refractivity contribution in [3.05, 3.63) is 58.7 Å². The molecule has 2 aromatic carbocycles. The van der Waals surface area contributed by atoms with Crippen molar-refractivity contribution in [2.45, 2.75) is 47.0 Å². The number of nitrogens with one attached hydrogen (secondary N) is 1. The summed E-state index contributed by atoms with van der Waals surface area (Å²) in [6.45, 7) is 10.7. The summed E-state index contributed by atoms with van der Waals surface area (Å²) in [4.78, 5) is 12.3. The van der Waals surface area contributed by atoms with Gasteiger partial charge in [-0.2, -0.15) is 0 Å². The van der Waals surface area contributed by atoms with Crippen LogP contribution in [0.5, 0.6) is 5.75 Å². The topological polar surface area (TPSA) is 38.3 Å². The van der Waals surface area contributed by atoms with Gasteiger partial charge in [0.1, 0.15) is 5.75 Å². The number of anilines is 1. The smallest absolute Gasteiger partial charge is 0.227 e. The van der Waals surface area contributed by atoms with Crippen LogP contribution in [0.25, 0.3) is 0 Å². The van der Waals surface area contributed by atoms with Crippen molar-refractivity contribution in [1.29, 1.82) is 0 Å². The molecule has 1 N–H and O–H groups in total. The van der Waals surface area contributed by atoms with Gasteiger partial charge in [0, 0.05) is 5.69 Å². The van der Waals surface area contributed by atoms with E-state index in [0.29, 0.717) is 18.9 Å². The maximum absolute atomic E-state index is 12.3. The first-order valence-corrected chi connectivity index (χ1v) is 8.48. The molecule has 0 radical (unpaired) electrons. The average Bonchev–Trinajstić information content (AvgIpc) is 2.51. The van der Waals surface area contributed by atoms with Crippen molar-refractivity contribution < 1.29 is 9.53 Å². The number of aryl methyl sites for hydroxylation is 3. The van der Waals surface area contributed by atoms with E-state index in [1.807, 2.05) is 38.1 Å². The lowest BCUT2D eigenvalue weighted by Gasteiger charge is -2.16. The molecule has 0 heterocycles. The molecule has 0 unspecified atom stereocenters. The second-order valence-corrected chi connectivity index (χ2v) is 6.61. The van der Waals surface area contributed by atoms with Gasteiger partial charge in [-0.05, 0) is 49.4 Å². The Hall–Kier alpha value is -2.29. The fraction of sp³-hybridized carbons (Fsp3) is 0.381. The minimum Gasteiger partial charge on any atom is -0.493 e. The molecule has 0 saturated carbocycles. The molecular formula is C21H27NO2. The highest BCUT2D eigenvalue weighted by Crippen LogP contribution is 2.27. The van der Waals surface area contributed by atoms with Crippen LogP contribution in [-0.4, -0.2) is 12.5 Å². The molecule has 1 amide bonds. The third-order valence-electron chi connectivity index (χ3n) is 4.11. The number of ether oxygens (including phenoxy) is 1. The van der Waals surface area contributed by atoms with Gasteiger partial charge in [0.2, 0.25) is 5.91 Å². The van der Waals surface area contributed by atoms with Gasteiger partial charge in [0.25, 0.3) is 0 Å². The van der Waals surface area contributed by atoms with Crippen LogP contribution in [0.15, 0.2) is 36.4 Å². The first-order valence-electron chi connectivity index (χ1n) is 8.48. The van der Waals surface area contributed by atoms with Crippen molar-refractivity contribution in [2.24, 2.45) is 0 Å². The zero-order valence-corrected chi connectivity index (χ0v) is 15.3. The Kier molecular flexibility index (Phi) is 6.02. The molecule has 0 spiro atoms.